The number of carbonyl (C=O) groups is 4. The molecule has 8 rings (SSSR count). The molecule has 8 heteroatoms. The van der Waals surface area contributed by atoms with Crippen molar-refractivity contribution in [1.82, 2.24) is 9.97 Å². The van der Waals surface area contributed by atoms with Gasteiger partial charge in [-0.25, -0.2) is 0 Å². The zero-order chi connectivity index (χ0) is 56.2. The highest BCUT2D eigenvalue weighted by Gasteiger charge is 2.55. The Balaban J connectivity index is 1.27. The van der Waals surface area contributed by atoms with Gasteiger partial charge in [0.25, 0.3) is 11.6 Å². The summed E-state index contributed by atoms with van der Waals surface area (Å²) in [7, 11) is 0. The van der Waals surface area contributed by atoms with Crippen LogP contribution in [0.1, 0.15) is 217 Å². The zero-order valence-electron chi connectivity index (χ0n) is 48.9. The number of nitrogens with zero attached hydrogens (tertiary/aromatic N) is 2. The van der Waals surface area contributed by atoms with Gasteiger partial charge in [-0.1, -0.05) is 290 Å². The van der Waals surface area contributed by atoms with E-state index in [2.05, 4.69) is 61.9 Å². The van der Waals surface area contributed by atoms with Crippen molar-refractivity contribution in [2.45, 2.75) is 219 Å². The van der Waals surface area contributed by atoms with Gasteiger partial charge in [0.1, 0.15) is 0 Å². The number of aromatic amines is 2. The molecule has 0 saturated heterocycles. The smallest absolute Gasteiger partial charge is 0.275 e. The van der Waals surface area contributed by atoms with Gasteiger partial charge in [0.15, 0.2) is 11.1 Å². The van der Waals surface area contributed by atoms with Gasteiger partial charge >= 0.3 is 0 Å². The van der Waals surface area contributed by atoms with Crippen molar-refractivity contribution in [2.24, 2.45) is 9.98 Å². The van der Waals surface area contributed by atoms with E-state index in [4.69, 9.17) is 9.98 Å². The molecule has 4 aromatic carbocycles. The number of aryl methyl sites for hydroxylation is 2. The summed E-state index contributed by atoms with van der Waals surface area (Å²) in [6.07, 6.45) is 27.1. The van der Waals surface area contributed by atoms with Crippen LogP contribution in [0.25, 0.3) is 33.4 Å². The summed E-state index contributed by atoms with van der Waals surface area (Å²) in [5.41, 5.74) is 5.02. The molecule has 2 aliphatic heterocycles. The summed E-state index contributed by atoms with van der Waals surface area (Å²) in [6, 6.07) is 40.0. The molecule has 0 saturated carbocycles. The average Bonchev–Trinajstić information content (AvgIpc) is 4.33. The minimum atomic E-state index is -1.77. The monoisotopic (exact) mass is 1070 g/mol. The highest BCUT2D eigenvalue weighted by atomic mass is 16.2. The molecule has 0 radical (unpaired) electrons. The van der Waals surface area contributed by atoms with E-state index in [9.17, 15) is 0 Å². The maximum Gasteiger partial charge on any atom is 0.275 e. The van der Waals surface area contributed by atoms with Crippen molar-refractivity contribution in [2.75, 3.05) is 0 Å². The van der Waals surface area contributed by atoms with E-state index in [1.54, 1.807) is 0 Å². The van der Waals surface area contributed by atoms with E-state index < -0.39 is 34.2 Å². The van der Waals surface area contributed by atoms with Crippen molar-refractivity contribution < 1.29 is 19.2 Å². The Labute approximate surface area is 477 Å². The number of carbonyl (C=O) groups excluding carboxylic acids is 4. The first-order valence-corrected chi connectivity index (χ1v) is 31.3. The van der Waals surface area contributed by atoms with Gasteiger partial charge in [-0.15, -0.1) is 0 Å². The second-order valence-corrected chi connectivity index (χ2v) is 23.0. The van der Waals surface area contributed by atoms with Gasteiger partial charge in [-0.2, -0.15) is 0 Å². The van der Waals surface area contributed by atoms with Gasteiger partial charge in [0.2, 0.25) is 11.6 Å². The Morgan fingerprint density at radius 3 is 0.938 bits per heavy atom. The molecule has 0 fully saturated rings. The van der Waals surface area contributed by atoms with Gasteiger partial charge in [0, 0.05) is 33.7 Å². The summed E-state index contributed by atoms with van der Waals surface area (Å²) >= 11 is 0. The number of hydrogen-bond acceptors (Lipinski definition) is 6. The molecule has 0 amide bonds. The lowest BCUT2D eigenvalue weighted by atomic mass is 9.74. The minimum Gasteiger partial charge on any atom is -0.356 e. The first-order valence-electron chi connectivity index (χ1n) is 31.3. The minimum absolute atomic E-state index is 0.208. The molecule has 2 N–H and O–H groups in total. The van der Waals surface area contributed by atoms with E-state index in [1.165, 1.54) is 51.4 Å². The summed E-state index contributed by atoms with van der Waals surface area (Å²) < 4.78 is 0. The molecular weight excluding hydrogens is 985 g/mol. The van der Waals surface area contributed by atoms with E-state index in [0.717, 1.165) is 148 Å². The van der Waals surface area contributed by atoms with Crippen LogP contribution < -0.4 is 21.4 Å². The molecule has 0 aliphatic carbocycles. The van der Waals surface area contributed by atoms with Crippen molar-refractivity contribution in [3.05, 3.63) is 165 Å². The van der Waals surface area contributed by atoms with Gasteiger partial charge in [-0.3, -0.25) is 29.2 Å². The first kappa shape index (κ1) is 59.6. The summed E-state index contributed by atoms with van der Waals surface area (Å²) in [4.78, 5) is 82.4. The van der Waals surface area contributed by atoms with E-state index in [1.807, 2.05) is 97.1 Å². The Kier molecular flexibility index (Phi) is 22.2. The SMILES string of the molecule is CCCCCCCCc1[nH]c2c(c1-c1ccccc1)=NC(CCCCCCCC)(C(=O)C(=O)C(=O)C(=O)C1(CCCCCCCC)N=c3c(-c4ccccc4)c(CCCCCCCC)[nH]c3=C1c1ccccc1)C=2c1ccccc1. The van der Waals surface area contributed by atoms with Crippen LogP contribution in [0.15, 0.2) is 131 Å². The highest BCUT2D eigenvalue weighted by molar-refractivity contribution is 6.80. The molecule has 2 unspecified atom stereocenters. The maximum absolute atomic E-state index is 16.1. The second kappa shape index (κ2) is 29.8. The molecule has 0 spiro atoms. The van der Waals surface area contributed by atoms with Crippen LogP contribution in [0.2, 0.25) is 0 Å². The molecule has 2 aliphatic rings. The first-order chi connectivity index (χ1) is 39.2. The number of aromatic nitrogens is 2. The summed E-state index contributed by atoms with van der Waals surface area (Å²) in [5, 5.41) is 2.68. The lowest BCUT2D eigenvalue weighted by Gasteiger charge is -2.30. The quantitative estimate of drug-likeness (QED) is 0.0229. The maximum atomic E-state index is 16.1. The van der Waals surface area contributed by atoms with Crippen LogP contribution in [0, 0.1) is 0 Å². The van der Waals surface area contributed by atoms with Crippen LogP contribution in [-0.2, 0) is 32.0 Å². The molecule has 80 heavy (non-hydrogen) atoms. The van der Waals surface area contributed by atoms with E-state index in [-0.39, 0.29) is 12.8 Å². The Morgan fingerprint density at radius 2 is 0.625 bits per heavy atom. The van der Waals surface area contributed by atoms with E-state index in [0.29, 0.717) is 45.4 Å². The number of H-pyrrole nitrogens is 2. The highest BCUT2D eigenvalue weighted by Crippen LogP contribution is 2.41. The van der Waals surface area contributed by atoms with E-state index >= 15 is 19.2 Å². The average molecular weight is 1080 g/mol. The number of unbranched alkanes of at least 4 members (excludes halogenated alkanes) is 20. The molecule has 0 bridgehead atoms. The number of ketones is 4. The molecule has 8 nitrogen and oxygen atoms in total. The number of fused-ring (bicyclic) bond motifs is 2. The normalized spacial score (nSPS) is 16.4. The number of rotatable bonds is 37. The fourth-order valence-electron chi connectivity index (χ4n) is 12.7. The van der Waals surface area contributed by atoms with Crippen LogP contribution in [0.5, 0.6) is 0 Å². The third kappa shape index (κ3) is 13.6. The van der Waals surface area contributed by atoms with Crippen LogP contribution in [0.4, 0.5) is 0 Å². The Bertz CT molecular complexity index is 3030. The molecule has 2 aromatic heterocycles. The number of nitrogens with one attached hydrogen (secondary N) is 2. The van der Waals surface area contributed by atoms with Gasteiger partial charge in [0.05, 0.1) is 21.4 Å². The third-order valence-corrected chi connectivity index (χ3v) is 17.0. The largest absolute Gasteiger partial charge is 0.356 e. The predicted molar refractivity (Wildman–Crippen MR) is 328 cm³/mol. The lowest BCUT2D eigenvalue weighted by molar-refractivity contribution is -0.150. The van der Waals surface area contributed by atoms with Gasteiger partial charge in [-0.05, 0) is 60.8 Å². The summed E-state index contributed by atoms with van der Waals surface area (Å²) in [5.74, 6) is -4.57. The fraction of sp³-hybridized carbons (Fsp3) is 0.472. The number of hydrogen-bond donors (Lipinski definition) is 2. The zero-order valence-corrected chi connectivity index (χ0v) is 48.9. The van der Waals surface area contributed by atoms with Crippen LogP contribution in [0.3, 0.4) is 0 Å². The fourth-order valence-corrected chi connectivity index (χ4v) is 12.7. The topological polar surface area (TPSA) is 125 Å². The standard InChI is InChI=1S/C72H90N4O4/c1-5-9-13-17-21-37-49-57-59(53-41-29-25-30-42-53)63-65(73-57)61(55-45-33-27-34-46-55)71(75-63,51-39-23-19-15-11-7-3)69(79)67(77)68(78)70(80)72(52-40-24-20-16-12-8-4)62(56-47-35-28-36-48-56)66-64(76-72)60(54-43-31-26-32-44-54)58(74-66)50-38-22-18-14-10-6-2/h25-36,41-48,73-74H,5-24,37-40,49-52H2,1-4H3. The number of benzene rings is 4. The Morgan fingerprint density at radius 1 is 0.350 bits per heavy atom. The van der Waals surface area contributed by atoms with Crippen LogP contribution >= 0.6 is 0 Å². The van der Waals surface area contributed by atoms with Crippen molar-refractivity contribution >= 4 is 34.3 Å². The van der Waals surface area contributed by atoms with Crippen molar-refractivity contribution in [3.63, 3.8) is 0 Å². The summed E-state index contributed by atoms with van der Waals surface area (Å²) in [6.45, 7) is 8.86. The molecule has 4 heterocycles. The Hall–Kier alpha value is -6.54. The third-order valence-electron chi connectivity index (χ3n) is 17.0. The predicted octanol–water partition coefficient (Wildman–Crippen LogP) is 15.1. The van der Waals surface area contributed by atoms with Crippen molar-refractivity contribution in [1.29, 1.82) is 0 Å². The van der Waals surface area contributed by atoms with Crippen molar-refractivity contribution in [3.8, 4) is 22.3 Å². The molecule has 2 atom stereocenters. The molecular formula is C72H90N4O4. The number of Topliss-reactive ketones (excluding diaryl/α,β-unsaturated/α-hetero) is 4. The lowest BCUT2D eigenvalue weighted by Crippen LogP contribution is -2.51. The molecule has 422 valence electrons. The second-order valence-electron chi connectivity index (χ2n) is 23.0. The van der Waals surface area contributed by atoms with Crippen LogP contribution in [-0.4, -0.2) is 44.2 Å². The van der Waals surface area contributed by atoms with Gasteiger partial charge < -0.3 is 9.97 Å². The molecule has 6 aromatic rings.